The first kappa shape index (κ1) is 20.6. The fourth-order valence-electron chi connectivity index (χ4n) is 2.75. The van der Waals surface area contributed by atoms with Gasteiger partial charge in [0.05, 0.1) is 7.11 Å². The molecule has 0 saturated heterocycles. The first-order valence-electron chi connectivity index (χ1n) is 7.42. The van der Waals surface area contributed by atoms with Crippen molar-refractivity contribution < 1.29 is 23.0 Å². The number of rotatable bonds is 4. The van der Waals surface area contributed by atoms with E-state index in [1.807, 2.05) is 0 Å². The fourth-order valence-corrected chi connectivity index (χ4v) is 3.33. The SMILES string of the molecule is COc1ccc(C(C)C(O)(c2cc(Cl)c(=O)n(C)c2)C(F)(F)F)c(Cl)c1. The zero-order chi connectivity index (χ0) is 19.9. The van der Waals surface area contributed by atoms with Crippen LogP contribution in [-0.4, -0.2) is 23.0 Å². The second kappa shape index (κ2) is 7.13. The predicted molar refractivity (Wildman–Crippen MR) is 93.1 cm³/mol. The summed E-state index contributed by atoms with van der Waals surface area (Å²) in [5.74, 6) is -1.12. The van der Waals surface area contributed by atoms with Crippen LogP contribution in [0.3, 0.4) is 0 Å². The number of halogens is 5. The highest BCUT2D eigenvalue weighted by Crippen LogP contribution is 2.50. The Kier molecular flexibility index (Phi) is 5.66. The molecule has 2 atom stereocenters. The number of benzene rings is 1. The molecule has 1 aromatic carbocycles. The Morgan fingerprint density at radius 2 is 1.81 bits per heavy atom. The molecule has 0 bridgehead atoms. The molecule has 1 N–H and O–H groups in total. The Balaban J connectivity index is 2.70. The average molecular weight is 410 g/mol. The molecule has 0 amide bonds. The number of alkyl halides is 3. The summed E-state index contributed by atoms with van der Waals surface area (Å²) in [7, 11) is 2.65. The van der Waals surface area contributed by atoms with Gasteiger partial charge in [0.15, 0.2) is 5.60 Å². The summed E-state index contributed by atoms with van der Waals surface area (Å²) in [5, 5.41) is 10.3. The van der Waals surface area contributed by atoms with Gasteiger partial charge < -0.3 is 14.4 Å². The average Bonchev–Trinajstić information content (AvgIpc) is 2.56. The minimum atomic E-state index is -5.06. The van der Waals surface area contributed by atoms with Gasteiger partial charge in [-0.25, -0.2) is 0 Å². The van der Waals surface area contributed by atoms with E-state index in [0.29, 0.717) is 5.75 Å². The highest BCUT2D eigenvalue weighted by atomic mass is 35.5. The van der Waals surface area contributed by atoms with E-state index in [-0.39, 0.29) is 10.6 Å². The van der Waals surface area contributed by atoms with Crippen molar-refractivity contribution in [3.8, 4) is 5.75 Å². The van der Waals surface area contributed by atoms with E-state index in [2.05, 4.69) is 0 Å². The summed E-state index contributed by atoms with van der Waals surface area (Å²) in [4.78, 5) is 11.7. The van der Waals surface area contributed by atoms with Gasteiger partial charge in [-0.3, -0.25) is 4.79 Å². The summed E-state index contributed by atoms with van der Waals surface area (Å²) in [6.45, 7) is 1.19. The second-order valence-electron chi connectivity index (χ2n) is 5.87. The maximum atomic E-state index is 13.9. The molecule has 0 saturated carbocycles. The summed E-state index contributed by atoms with van der Waals surface area (Å²) >= 11 is 11.8. The lowest BCUT2D eigenvalue weighted by Crippen LogP contribution is -2.47. The molecule has 4 nitrogen and oxygen atoms in total. The molecule has 2 rings (SSSR count). The van der Waals surface area contributed by atoms with E-state index >= 15 is 0 Å². The molecule has 9 heteroatoms. The maximum absolute atomic E-state index is 13.9. The lowest BCUT2D eigenvalue weighted by Gasteiger charge is -2.37. The normalized spacial score (nSPS) is 15.4. The van der Waals surface area contributed by atoms with E-state index in [9.17, 15) is 23.1 Å². The van der Waals surface area contributed by atoms with Crippen molar-refractivity contribution in [3.63, 3.8) is 0 Å². The largest absolute Gasteiger partial charge is 0.497 e. The van der Waals surface area contributed by atoms with Crippen molar-refractivity contribution in [2.75, 3.05) is 7.11 Å². The number of ether oxygens (including phenoxy) is 1. The van der Waals surface area contributed by atoms with Crippen LogP contribution in [0.1, 0.15) is 24.0 Å². The third kappa shape index (κ3) is 3.43. The summed E-state index contributed by atoms with van der Waals surface area (Å²) < 4.78 is 47.6. The number of aromatic nitrogens is 1. The zero-order valence-corrected chi connectivity index (χ0v) is 15.6. The Hall–Kier alpha value is -1.70. The third-order valence-corrected chi connectivity index (χ3v) is 4.91. The molecular formula is C17H16Cl2F3NO3. The molecule has 2 aromatic rings. The maximum Gasteiger partial charge on any atom is 0.422 e. The number of aliphatic hydroxyl groups is 1. The van der Waals surface area contributed by atoms with Crippen molar-refractivity contribution in [1.29, 1.82) is 0 Å². The number of hydrogen-bond donors (Lipinski definition) is 1. The highest BCUT2D eigenvalue weighted by molar-refractivity contribution is 6.31. The van der Waals surface area contributed by atoms with Crippen molar-refractivity contribution in [2.24, 2.45) is 7.05 Å². The molecule has 1 aromatic heterocycles. The van der Waals surface area contributed by atoms with Crippen LogP contribution < -0.4 is 10.3 Å². The minimum Gasteiger partial charge on any atom is -0.497 e. The summed E-state index contributed by atoms with van der Waals surface area (Å²) in [6.07, 6.45) is -4.15. The van der Waals surface area contributed by atoms with Crippen LogP contribution >= 0.6 is 23.2 Å². The Morgan fingerprint density at radius 1 is 1.19 bits per heavy atom. The first-order valence-corrected chi connectivity index (χ1v) is 8.18. The topological polar surface area (TPSA) is 51.5 Å². The molecule has 0 radical (unpaired) electrons. The summed E-state index contributed by atoms with van der Waals surface area (Å²) in [5.41, 5.74) is -4.48. The molecule has 0 aliphatic heterocycles. The number of nitrogens with zero attached hydrogens (tertiary/aromatic N) is 1. The van der Waals surface area contributed by atoms with Gasteiger partial charge in [0.25, 0.3) is 5.56 Å². The van der Waals surface area contributed by atoms with Crippen molar-refractivity contribution in [1.82, 2.24) is 4.57 Å². The quantitative estimate of drug-likeness (QED) is 0.820. The van der Waals surface area contributed by atoms with Crippen molar-refractivity contribution in [3.05, 3.63) is 62.0 Å². The molecule has 0 spiro atoms. The standard InChI is InChI=1S/C17H16Cl2F3NO3/c1-9(12-5-4-11(26-3)7-13(12)18)16(25,17(20,21)22)10-6-14(19)15(24)23(2)8-10/h4-9,25H,1-3H3. The van der Waals surface area contributed by atoms with Crippen molar-refractivity contribution in [2.45, 2.75) is 24.6 Å². The van der Waals surface area contributed by atoms with Gasteiger partial charge >= 0.3 is 6.18 Å². The smallest absolute Gasteiger partial charge is 0.422 e. The molecule has 2 unspecified atom stereocenters. The number of hydrogen-bond acceptors (Lipinski definition) is 3. The number of aryl methyl sites for hydroxylation is 1. The predicted octanol–water partition coefficient (Wildman–Crippen LogP) is 4.25. The number of pyridine rings is 1. The van der Waals surface area contributed by atoms with Gasteiger partial charge in [0, 0.05) is 29.7 Å². The van der Waals surface area contributed by atoms with E-state index in [0.717, 1.165) is 16.8 Å². The first-order chi connectivity index (χ1) is 11.9. The van der Waals surface area contributed by atoms with Crippen LogP contribution in [0.4, 0.5) is 13.2 Å². The van der Waals surface area contributed by atoms with Gasteiger partial charge in [-0.05, 0) is 23.8 Å². The van der Waals surface area contributed by atoms with E-state index in [1.165, 1.54) is 39.3 Å². The van der Waals surface area contributed by atoms with Gasteiger partial charge in [-0.1, -0.05) is 36.2 Å². The third-order valence-electron chi connectivity index (χ3n) is 4.31. The Bertz CT molecular complexity index is 856. The zero-order valence-electron chi connectivity index (χ0n) is 14.1. The van der Waals surface area contributed by atoms with Crippen LogP contribution in [-0.2, 0) is 12.6 Å². The van der Waals surface area contributed by atoms with Crippen LogP contribution in [0.25, 0.3) is 0 Å². The summed E-state index contributed by atoms with van der Waals surface area (Å²) in [6, 6.07) is 4.98. The van der Waals surface area contributed by atoms with Gasteiger partial charge in [-0.2, -0.15) is 13.2 Å². The molecule has 0 aliphatic rings. The van der Waals surface area contributed by atoms with E-state index in [1.54, 1.807) is 0 Å². The van der Waals surface area contributed by atoms with Crippen LogP contribution in [0.15, 0.2) is 35.3 Å². The Morgan fingerprint density at radius 3 is 2.27 bits per heavy atom. The molecule has 1 heterocycles. The van der Waals surface area contributed by atoms with E-state index in [4.69, 9.17) is 27.9 Å². The highest BCUT2D eigenvalue weighted by Gasteiger charge is 2.59. The molecule has 26 heavy (non-hydrogen) atoms. The van der Waals surface area contributed by atoms with Gasteiger partial charge in [0.2, 0.25) is 0 Å². The van der Waals surface area contributed by atoms with Crippen LogP contribution in [0, 0.1) is 0 Å². The van der Waals surface area contributed by atoms with Gasteiger partial charge in [-0.15, -0.1) is 0 Å². The fraction of sp³-hybridized carbons (Fsp3) is 0.353. The van der Waals surface area contributed by atoms with Gasteiger partial charge in [0.1, 0.15) is 10.8 Å². The molecule has 0 fully saturated rings. The van der Waals surface area contributed by atoms with Crippen molar-refractivity contribution >= 4 is 23.2 Å². The molecule has 142 valence electrons. The number of methoxy groups -OCH3 is 1. The Labute approximate surface area is 157 Å². The minimum absolute atomic E-state index is 0.00967. The lowest BCUT2D eigenvalue weighted by molar-refractivity contribution is -0.274. The lowest BCUT2D eigenvalue weighted by atomic mass is 9.78. The second-order valence-corrected chi connectivity index (χ2v) is 6.68. The van der Waals surface area contributed by atoms with Crippen LogP contribution in [0.5, 0.6) is 5.75 Å². The van der Waals surface area contributed by atoms with Crippen LogP contribution in [0.2, 0.25) is 10.0 Å². The van der Waals surface area contributed by atoms with E-state index < -0.39 is 33.8 Å². The molecule has 0 aliphatic carbocycles. The monoisotopic (exact) mass is 409 g/mol. The molecular weight excluding hydrogens is 394 g/mol.